The van der Waals surface area contributed by atoms with Crippen molar-refractivity contribution in [3.8, 4) is 0 Å². The minimum atomic E-state index is -0.648. The van der Waals surface area contributed by atoms with Crippen molar-refractivity contribution in [2.45, 2.75) is 37.4 Å². The first kappa shape index (κ1) is 9.13. The highest BCUT2D eigenvalue weighted by Crippen LogP contribution is 2.60. The standard InChI is InChI=1S/C11H19NO2/c12-5-11(14)8-3-4-9(11)7-2-1-6(8)10(7)13/h6-10,13-14H,1-5,12H2. The Hall–Kier alpha value is -0.120. The maximum atomic E-state index is 10.5. The smallest absolute Gasteiger partial charge is 0.0832 e. The van der Waals surface area contributed by atoms with Crippen LogP contribution in [0, 0.1) is 23.7 Å². The molecule has 3 heteroatoms. The normalized spacial score (nSPS) is 60.6. The van der Waals surface area contributed by atoms with E-state index in [1.54, 1.807) is 0 Å². The molecule has 3 aliphatic carbocycles. The molecule has 0 aromatic rings. The van der Waals surface area contributed by atoms with E-state index in [0.29, 0.717) is 18.4 Å². The van der Waals surface area contributed by atoms with Crippen molar-refractivity contribution in [2.75, 3.05) is 6.54 Å². The minimum absolute atomic E-state index is 0.153. The third-order valence-electron chi connectivity index (χ3n) is 5.14. The molecule has 0 amide bonds. The molecule has 4 bridgehead atoms. The van der Waals surface area contributed by atoms with Gasteiger partial charge in [-0.2, -0.15) is 0 Å². The second kappa shape index (κ2) is 2.71. The molecule has 80 valence electrons. The Morgan fingerprint density at radius 1 is 1.07 bits per heavy atom. The molecule has 14 heavy (non-hydrogen) atoms. The third-order valence-corrected chi connectivity index (χ3v) is 5.14. The number of rotatable bonds is 1. The average Bonchev–Trinajstić information content (AvgIpc) is 2.55. The Morgan fingerprint density at radius 2 is 1.57 bits per heavy atom. The van der Waals surface area contributed by atoms with Crippen LogP contribution >= 0.6 is 0 Å². The second-order valence-electron chi connectivity index (χ2n) is 5.38. The highest BCUT2D eigenvalue weighted by molar-refractivity contribution is 5.13. The molecule has 3 rings (SSSR count). The van der Waals surface area contributed by atoms with E-state index in [4.69, 9.17) is 5.73 Å². The average molecular weight is 197 g/mol. The van der Waals surface area contributed by atoms with E-state index in [9.17, 15) is 10.2 Å². The van der Waals surface area contributed by atoms with Crippen LogP contribution in [0.3, 0.4) is 0 Å². The molecule has 3 saturated carbocycles. The summed E-state index contributed by atoms with van der Waals surface area (Å²) in [6.07, 6.45) is 4.16. The maximum absolute atomic E-state index is 10.5. The lowest BCUT2D eigenvalue weighted by Gasteiger charge is -2.45. The Kier molecular flexibility index (Phi) is 1.77. The van der Waals surface area contributed by atoms with Crippen molar-refractivity contribution < 1.29 is 10.2 Å². The van der Waals surface area contributed by atoms with Gasteiger partial charge in [-0.3, -0.25) is 0 Å². The van der Waals surface area contributed by atoms with Crippen LogP contribution in [0.1, 0.15) is 25.7 Å². The van der Waals surface area contributed by atoms with Crippen molar-refractivity contribution in [2.24, 2.45) is 29.4 Å². The van der Waals surface area contributed by atoms with E-state index in [1.807, 2.05) is 0 Å². The van der Waals surface area contributed by atoms with Crippen molar-refractivity contribution in [3.63, 3.8) is 0 Å². The maximum Gasteiger partial charge on any atom is 0.0832 e. The highest BCUT2D eigenvalue weighted by Gasteiger charge is 2.63. The van der Waals surface area contributed by atoms with Gasteiger partial charge in [0.1, 0.15) is 0 Å². The first-order valence-corrected chi connectivity index (χ1v) is 5.79. The van der Waals surface area contributed by atoms with E-state index in [1.165, 1.54) is 0 Å². The largest absolute Gasteiger partial charge is 0.393 e. The molecular weight excluding hydrogens is 178 g/mol. The zero-order chi connectivity index (χ0) is 9.92. The second-order valence-corrected chi connectivity index (χ2v) is 5.38. The molecule has 3 aliphatic rings. The number of hydrogen-bond acceptors (Lipinski definition) is 3. The van der Waals surface area contributed by atoms with Crippen LogP contribution in [0.4, 0.5) is 0 Å². The fourth-order valence-corrected chi connectivity index (χ4v) is 4.53. The molecule has 0 aromatic heterocycles. The van der Waals surface area contributed by atoms with Crippen molar-refractivity contribution in [1.82, 2.24) is 0 Å². The zero-order valence-electron chi connectivity index (χ0n) is 8.39. The zero-order valence-corrected chi connectivity index (χ0v) is 8.39. The van der Waals surface area contributed by atoms with E-state index in [-0.39, 0.29) is 17.9 Å². The summed E-state index contributed by atoms with van der Waals surface area (Å²) in [6, 6.07) is 0. The van der Waals surface area contributed by atoms with Gasteiger partial charge in [-0.05, 0) is 49.4 Å². The van der Waals surface area contributed by atoms with Gasteiger partial charge in [0.05, 0.1) is 11.7 Å². The summed E-state index contributed by atoms with van der Waals surface area (Å²) in [5.74, 6) is 1.19. The van der Waals surface area contributed by atoms with Gasteiger partial charge < -0.3 is 15.9 Å². The highest BCUT2D eigenvalue weighted by atomic mass is 16.3. The van der Waals surface area contributed by atoms with Crippen LogP contribution in [-0.2, 0) is 0 Å². The van der Waals surface area contributed by atoms with E-state index in [0.717, 1.165) is 25.7 Å². The van der Waals surface area contributed by atoms with Crippen molar-refractivity contribution in [3.05, 3.63) is 0 Å². The lowest BCUT2D eigenvalue weighted by molar-refractivity contribution is -0.125. The van der Waals surface area contributed by atoms with Crippen LogP contribution in [0.2, 0.25) is 0 Å². The van der Waals surface area contributed by atoms with Gasteiger partial charge in [-0.1, -0.05) is 0 Å². The van der Waals surface area contributed by atoms with Crippen molar-refractivity contribution >= 4 is 0 Å². The molecule has 0 aromatic carbocycles. The Morgan fingerprint density at radius 3 is 2.00 bits per heavy atom. The summed E-state index contributed by atoms with van der Waals surface area (Å²) < 4.78 is 0. The molecule has 0 saturated heterocycles. The van der Waals surface area contributed by atoms with Crippen molar-refractivity contribution in [1.29, 1.82) is 0 Å². The summed E-state index contributed by atoms with van der Waals surface area (Å²) in [4.78, 5) is 0. The topological polar surface area (TPSA) is 66.5 Å². The lowest BCUT2D eigenvalue weighted by Crippen LogP contribution is -2.56. The molecule has 4 N–H and O–H groups in total. The van der Waals surface area contributed by atoms with Crippen LogP contribution in [0.15, 0.2) is 0 Å². The van der Waals surface area contributed by atoms with Gasteiger partial charge in [-0.15, -0.1) is 0 Å². The minimum Gasteiger partial charge on any atom is -0.393 e. The predicted molar refractivity (Wildman–Crippen MR) is 52.4 cm³/mol. The first-order chi connectivity index (χ1) is 6.68. The van der Waals surface area contributed by atoms with Gasteiger partial charge in [0, 0.05) is 6.54 Å². The number of fused-ring (bicyclic) bond motifs is 6. The van der Waals surface area contributed by atoms with E-state index >= 15 is 0 Å². The molecule has 3 fully saturated rings. The van der Waals surface area contributed by atoms with E-state index in [2.05, 4.69) is 0 Å². The molecule has 4 atom stereocenters. The SMILES string of the molecule is NCC1(O)C2CCC1C1CCC2C1O. The molecule has 0 spiro atoms. The van der Waals surface area contributed by atoms with Gasteiger partial charge in [0.25, 0.3) is 0 Å². The van der Waals surface area contributed by atoms with Crippen LogP contribution in [0.25, 0.3) is 0 Å². The quantitative estimate of drug-likeness (QED) is 0.558. The Bertz CT molecular complexity index is 236. The Balaban J connectivity index is 2.02. The summed E-state index contributed by atoms with van der Waals surface area (Å²) in [5, 5.41) is 20.6. The van der Waals surface area contributed by atoms with Gasteiger partial charge >= 0.3 is 0 Å². The Labute approximate surface area is 84.3 Å². The van der Waals surface area contributed by atoms with Gasteiger partial charge in [-0.25, -0.2) is 0 Å². The third kappa shape index (κ3) is 0.841. The number of nitrogens with two attached hydrogens (primary N) is 1. The molecular formula is C11H19NO2. The molecule has 3 nitrogen and oxygen atoms in total. The summed E-state index contributed by atoms with van der Waals surface area (Å²) >= 11 is 0. The molecule has 0 heterocycles. The number of hydrogen-bond donors (Lipinski definition) is 3. The summed E-state index contributed by atoms with van der Waals surface area (Å²) in [5.41, 5.74) is 5.08. The monoisotopic (exact) mass is 197 g/mol. The van der Waals surface area contributed by atoms with Crippen LogP contribution < -0.4 is 5.73 Å². The van der Waals surface area contributed by atoms with Gasteiger partial charge in [0.15, 0.2) is 0 Å². The molecule has 0 aliphatic heterocycles. The first-order valence-electron chi connectivity index (χ1n) is 5.79. The summed E-state index contributed by atoms with van der Waals surface area (Å²) in [6.45, 7) is 0.377. The lowest BCUT2D eigenvalue weighted by atomic mass is 9.67. The molecule has 4 unspecified atom stereocenters. The van der Waals surface area contributed by atoms with Crippen LogP contribution in [-0.4, -0.2) is 28.5 Å². The molecule has 0 radical (unpaired) electrons. The van der Waals surface area contributed by atoms with Crippen LogP contribution in [0.5, 0.6) is 0 Å². The van der Waals surface area contributed by atoms with E-state index < -0.39 is 5.60 Å². The number of aliphatic hydroxyl groups excluding tert-OH is 1. The summed E-state index contributed by atoms with van der Waals surface area (Å²) in [7, 11) is 0. The predicted octanol–water partition coefficient (Wildman–Crippen LogP) is 0.103. The van der Waals surface area contributed by atoms with Gasteiger partial charge in [0.2, 0.25) is 0 Å². The fourth-order valence-electron chi connectivity index (χ4n) is 4.53. The number of aliphatic hydroxyl groups is 2. The fraction of sp³-hybridized carbons (Fsp3) is 1.00.